The van der Waals surface area contributed by atoms with Gasteiger partial charge in [-0.15, -0.1) is 6.58 Å². The fourth-order valence-corrected chi connectivity index (χ4v) is 4.13. The molecular formula is C21H25ClFN5O4. The van der Waals surface area contributed by atoms with Crippen LogP contribution >= 0.6 is 11.6 Å². The second-order valence-electron chi connectivity index (χ2n) is 8.76. The van der Waals surface area contributed by atoms with Crippen LogP contribution in [-0.2, 0) is 4.74 Å². The molecule has 1 saturated heterocycles. The van der Waals surface area contributed by atoms with Gasteiger partial charge in [-0.3, -0.25) is 4.90 Å². The largest absolute Gasteiger partial charge is 0.472 e. The molecule has 2 aromatic heterocycles. The Bertz CT molecular complexity index is 1090. The first-order chi connectivity index (χ1) is 15.0. The standard InChI is InChI=1S/C21H25ClFN5O4/c1-7-11-8-28-12(9-27(11)20(29)32-21(3,4)5)10(2)31-18-13-15(14(23)16(22)25-18)24-19(30-6)26-17(13)28/h7,10-12H,1,8-9H2,2-6H3/t10-,11?,12-/m0/s1. The monoisotopic (exact) mass is 465 g/mol. The van der Waals surface area contributed by atoms with Crippen LogP contribution in [0.15, 0.2) is 12.7 Å². The van der Waals surface area contributed by atoms with E-state index < -0.39 is 23.6 Å². The Morgan fingerprint density at radius 1 is 1.31 bits per heavy atom. The van der Waals surface area contributed by atoms with Crippen molar-refractivity contribution in [3.05, 3.63) is 23.6 Å². The third-order valence-corrected chi connectivity index (χ3v) is 5.68. The lowest BCUT2D eigenvalue weighted by atomic mass is 10.0. The fourth-order valence-electron chi connectivity index (χ4n) is 3.96. The number of nitrogens with zero attached hydrogens (tertiary/aromatic N) is 5. The van der Waals surface area contributed by atoms with E-state index in [9.17, 15) is 9.18 Å². The lowest BCUT2D eigenvalue weighted by Gasteiger charge is -2.46. The summed E-state index contributed by atoms with van der Waals surface area (Å²) in [5, 5.41) is -0.0544. The number of anilines is 1. The summed E-state index contributed by atoms with van der Waals surface area (Å²) >= 11 is 6.01. The molecule has 172 valence electrons. The van der Waals surface area contributed by atoms with Crippen LogP contribution in [0.5, 0.6) is 11.9 Å². The molecule has 9 nitrogen and oxygen atoms in total. The van der Waals surface area contributed by atoms with E-state index in [1.165, 1.54) is 7.11 Å². The zero-order chi connectivity index (χ0) is 23.4. The van der Waals surface area contributed by atoms with Crippen molar-refractivity contribution in [1.29, 1.82) is 0 Å². The zero-order valence-electron chi connectivity index (χ0n) is 18.6. The van der Waals surface area contributed by atoms with Crippen LogP contribution in [-0.4, -0.2) is 69.9 Å². The fraction of sp³-hybridized carbons (Fsp3) is 0.524. The van der Waals surface area contributed by atoms with Gasteiger partial charge in [-0.05, 0) is 27.7 Å². The van der Waals surface area contributed by atoms with E-state index in [-0.39, 0.29) is 41.2 Å². The number of aromatic nitrogens is 3. The summed E-state index contributed by atoms with van der Waals surface area (Å²) in [5.41, 5.74) is -0.689. The van der Waals surface area contributed by atoms with Gasteiger partial charge in [-0.1, -0.05) is 17.7 Å². The van der Waals surface area contributed by atoms with Crippen molar-refractivity contribution >= 4 is 34.4 Å². The van der Waals surface area contributed by atoms with E-state index in [1.807, 2.05) is 32.6 Å². The number of ether oxygens (including phenoxy) is 3. The van der Waals surface area contributed by atoms with Crippen LogP contribution in [0.3, 0.4) is 0 Å². The number of hydrogen-bond donors (Lipinski definition) is 0. The van der Waals surface area contributed by atoms with Crippen LogP contribution in [0.25, 0.3) is 10.9 Å². The number of rotatable bonds is 2. The molecule has 11 heteroatoms. The molecule has 1 unspecified atom stereocenters. The zero-order valence-corrected chi connectivity index (χ0v) is 19.3. The van der Waals surface area contributed by atoms with Crippen molar-refractivity contribution in [2.45, 2.75) is 51.5 Å². The van der Waals surface area contributed by atoms with Crippen LogP contribution < -0.4 is 14.4 Å². The van der Waals surface area contributed by atoms with Gasteiger partial charge in [0, 0.05) is 13.1 Å². The van der Waals surface area contributed by atoms with Gasteiger partial charge in [0.25, 0.3) is 0 Å². The Kier molecular flexibility index (Phi) is 5.52. The average Bonchev–Trinajstić information content (AvgIpc) is 2.84. The van der Waals surface area contributed by atoms with E-state index in [2.05, 4.69) is 21.5 Å². The Morgan fingerprint density at radius 2 is 2.03 bits per heavy atom. The van der Waals surface area contributed by atoms with Gasteiger partial charge in [0.05, 0.1) is 19.2 Å². The summed E-state index contributed by atoms with van der Waals surface area (Å²) in [5.74, 6) is -0.255. The second-order valence-corrected chi connectivity index (χ2v) is 9.12. The van der Waals surface area contributed by atoms with Gasteiger partial charge in [0.2, 0.25) is 5.88 Å². The van der Waals surface area contributed by atoms with Crippen molar-refractivity contribution in [3.63, 3.8) is 0 Å². The first-order valence-corrected chi connectivity index (χ1v) is 10.6. The third-order valence-electron chi connectivity index (χ3n) is 5.43. The first kappa shape index (κ1) is 22.3. The number of fused-ring (bicyclic) bond motifs is 2. The highest BCUT2D eigenvalue weighted by Crippen LogP contribution is 2.41. The van der Waals surface area contributed by atoms with Gasteiger partial charge in [0.15, 0.2) is 11.0 Å². The van der Waals surface area contributed by atoms with Gasteiger partial charge in [-0.2, -0.15) is 15.0 Å². The predicted molar refractivity (Wildman–Crippen MR) is 117 cm³/mol. The molecule has 0 aromatic carbocycles. The Hall–Kier alpha value is -2.88. The van der Waals surface area contributed by atoms with Crippen molar-refractivity contribution in [2.75, 3.05) is 25.1 Å². The molecule has 2 aliphatic rings. The lowest BCUT2D eigenvalue weighted by molar-refractivity contribution is 0.0106. The molecule has 0 spiro atoms. The molecule has 1 amide bonds. The van der Waals surface area contributed by atoms with Crippen molar-refractivity contribution in [1.82, 2.24) is 19.9 Å². The lowest BCUT2D eigenvalue weighted by Crippen LogP contribution is -2.63. The normalized spacial score (nSPS) is 22.7. The predicted octanol–water partition coefficient (Wildman–Crippen LogP) is 3.59. The summed E-state index contributed by atoms with van der Waals surface area (Å²) in [7, 11) is 1.40. The molecule has 0 radical (unpaired) electrons. The maximum atomic E-state index is 14.9. The highest BCUT2D eigenvalue weighted by molar-refractivity contribution is 6.30. The number of halogens is 2. The van der Waals surface area contributed by atoms with E-state index in [0.717, 1.165) is 0 Å². The topological polar surface area (TPSA) is 89.9 Å². The van der Waals surface area contributed by atoms with Gasteiger partial charge in [0.1, 0.15) is 28.4 Å². The Balaban J connectivity index is 1.84. The van der Waals surface area contributed by atoms with Gasteiger partial charge in [-0.25, -0.2) is 9.18 Å². The molecule has 0 N–H and O–H groups in total. The molecular weight excluding hydrogens is 441 g/mol. The van der Waals surface area contributed by atoms with E-state index in [1.54, 1.807) is 11.0 Å². The third kappa shape index (κ3) is 3.76. The number of carbonyl (C=O) groups is 1. The number of methoxy groups -OCH3 is 1. The SMILES string of the molecule is C=CC1CN2c3nc(OC)nc4c(F)c(Cl)nc(c34)O[C@@H](C)[C@@H]2CN1C(=O)OC(C)(C)C. The number of piperazine rings is 1. The molecule has 3 atom stereocenters. The van der Waals surface area contributed by atoms with Crippen molar-refractivity contribution in [3.8, 4) is 11.9 Å². The minimum absolute atomic E-state index is 0.0161. The molecule has 32 heavy (non-hydrogen) atoms. The molecule has 4 rings (SSSR count). The van der Waals surface area contributed by atoms with Gasteiger partial charge < -0.3 is 19.1 Å². The Morgan fingerprint density at radius 3 is 2.66 bits per heavy atom. The highest BCUT2D eigenvalue weighted by atomic mass is 35.5. The summed E-state index contributed by atoms with van der Waals surface area (Å²) in [4.78, 5) is 29.2. The number of amides is 1. The molecule has 0 saturated carbocycles. The summed E-state index contributed by atoms with van der Waals surface area (Å²) in [6, 6.07) is -0.730. The van der Waals surface area contributed by atoms with Crippen LogP contribution in [0.1, 0.15) is 27.7 Å². The quantitative estimate of drug-likeness (QED) is 0.491. The first-order valence-electron chi connectivity index (χ1n) is 10.2. The number of carbonyl (C=O) groups excluding carboxylic acids is 1. The summed E-state index contributed by atoms with van der Waals surface area (Å²) in [6.45, 7) is 11.8. The summed E-state index contributed by atoms with van der Waals surface area (Å²) < 4.78 is 31.7. The van der Waals surface area contributed by atoms with E-state index in [4.69, 9.17) is 25.8 Å². The van der Waals surface area contributed by atoms with Gasteiger partial charge >= 0.3 is 12.1 Å². The molecule has 2 aliphatic heterocycles. The molecule has 0 aliphatic carbocycles. The smallest absolute Gasteiger partial charge is 0.410 e. The van der Waals surface area contributed by atoms with Crippen LogP contribution in [0.2, 0.25) is 5.15 Å². The molecule has 2 aromatic rings. The number of pyridine rings is 1. The van der Waals surface area contributed by atoms with E-state index in [0.29, 0.717) is 17.7 Å². The average molecular weight is 466 g/mol. The van der Waals surface area contributed by atoms with Crippen molar-refractivity contribution < 1.29 is 23.4 Å². The molecule has 4 heterocycles. The summed E-state index contributed by atoms with van der Waals surface area (Å²) in [6.07, 6.45) is 0.783. The Labute approximate surface area is 190 Å². The highest BCUT2D eigenvalue weighted by Gasteiger charge is 2.44. The minimum Gasteiger partial charge on any atom is -0.472 e. The van der Waals surface area contributed by atoms with Crippen LogP contribution in [0.4, 0.5) is 15.0 Å². The maximum Gasteiger partial charge on any atom is 0.410 e. The number of hydrogen-bond acceptors (Lipinski definition) is 8. The molecule has 1 fully saturated rings. The second kappa shape index (κ2) is 7.91. The van der Waals surface area contributed by atoms with Crippen molar-refractivity contribution in [2.24, 2.45) is 0 Å². The minimum atomic E-state index is -0.783. The molecule has 0 bridgehead atoms. The van der Waals surface area contributed by atoms with Crippen LogP contribution in [0, 0.1) is 5.82 Å². The maximum absolute atomic E-state index is 14.9. The van der Waals surface area contributed by atoms with E-state index >= 15 is 0 Å².